The minimum absolute atomic E-state index is 0.351. The van der Waals surface area contributed by atoms with Crippen molar-refractivity contribution in [3.8, 4) is 0 Å². The van der Waals surface area contributed by atoms with Crippen molar-refractivity contribution in [3.63, 3.8) is 0 Å². The molecular formula is C13H15F2N3. The van der Waals surface area contributed by atoms with E-state index in [0.29, 0.717) is 12.4 Å². The molecule has 1 aromatic heterocycles. The highest BCUT2D eigenvalue weighted by molar-refractivity contribution is 5.14. The van der Waals surface area contributed by atoms with Crippen molar-refractivity contribution in [1.29, 1.82) is 0 Å². The standard InChI is InChI=1S/C13H15F2N3/c14-13(15)18-9-8-17-12(18)10-16-7-6-11-4-2-1-3-5-11/h1-5,8-9,13,16H,6-7,10H2. The molecule has 1 heterocycles. The number of hydrogen-bond acceptors (Lipinski definition) is 2. The molecule has 0 aliphatic rings. The number of nitrogens with one attached hydrogen (secondary N) is 1. The van der Waals surface area contributed by atoms with Crippen molar-refractivity contribution in [3.05, 3.63) is 54.1 Å². The van der Waals surface area contributed by atoms with E-state index in [1.54, 1.807) is 0 Å². The highest BCUT2D eigenvalue weighted by Gasteiger charge is 2.10. The molecule has 0 fully saturated rings. The molecule has 0 saturated heterocycles. The van der Waals surface area contributed by atoms with Crippen LogP contribution in [-0.4, -0.2) is 16.1 Å². The summed E-state index contributed by atoms with van der Waals surface area (Å²) in [5.41, 5.74) is 1.22. The summed E-state index contributed by atoms with van der Waals surface area (Å²) in [4.78, 5) is 3.90. The minimum Gasteiger partial charge on any atom is -0.310 e. The molecule has 96 valence electrons. The normalized spacial score (nSPS) is 11.1. The maximum Gasteiger partial charge on any atom is 0.319 e. The molecule has 1 aromatic carbocycles. The lowest BCUT2D eigenvalue weighted by Gasteiger charge is -2.07. The molecule has 0 aliphatic carbocycles. The number of alkyl halides is 2. The fourth-order valence-electron chi connectivity index (χ4n) is 1.74. The average Bonchev–Trinajstić information content (AvgIpc) is 2.84. The monoisotopic (exact) mass is 251 g/mol. The van der Waals surface area contributed by atoms with Crippen LogP contribution in [0.1, 0.15) is 17.9 Å². The highest BCUT2D eigenvalue weighted by Crippen LogP contribution is 2.11. The number of rotatable bonds is 6. The minimum atomic E-state index is -2.53. The quantitative estimate of drug-likeness (QED) is 0.800. The largest absolute Gasteiger partial charge is 0.319 e. The van der Waals surface area contributed by atoms with Crippen molar-refractivity contribution >= 4 is 0 Å². The second kappa shape index (κ2) is 6.26. The van der Waals surface area contributed by atoms with Crippen LogP contribution in [-0.2, 0) is 13.0 Å². The van der Waals surface area contributed by atoms with Crippen LogP contribution >= 0.6 is 0 Å². The Morgan fingerprint density at radius 3 is 2.72 bits per heavy atom. The van der Waals surface area contributed by atoms with Gasteiger partial charge >= 0.3 is 6.55 Å². The second-order valence-electron chi connectivity index (χ2n) is 3.94. The maximum atomic E-state index is 12.5. The first-order valence-corrected chi connectivity index (χ1v) is 5.82. The number of halogens is 2. The van der Waals surface area contributed by atoms with Gasteiger partial charge in [0.05, 0.1) is 6.54 Å². The first-order chi connectivity index (χ1) is 8.77. The third kappa shape index (κ3) is 3.37. The lowest BCUT2D eigenvalue weighted by molar-refractivity contribution is 0.0666. The number of aromatic nitrogens is 2. The van der Waals surface area contributed by atoms with Crippen LogP contribution < -0.4 is 5.32 Å². The molecule has 18 heavy (non-hydrogen) atoms. The number of hydrogen-bond donors (Lipinski definition) is 1. The summed E-state index contributed by atoms with van der Waals surface area (Å²) >= 11 is 0. The lowest BCUT2D eigenvalue weighted by Crippen LogP contribution is -2.19. The van der Waals surface area contributed by atoms with Gasteiger partial charge in [-0.2, -0.15) is 8.78 Å². The van der Waals surface area contributed by atoms with E-state index < -0.39 is 6.55 Å². The van der Waals surface area contributed by atoms with Gasteiger partial charge in [0.2, 0.25) is 0 Å². The van der Waals surface area contributed by atoms with Gasteiger partial charge in [-0.3, -0.25) is 4.57 Å². The molecule has 2 rings (SSSR count). The molecule has 1 N–H and O–H groups in total. The molecule has 3 nitrogen and oxygen atoms in total. The van der Waals surface area contributed by atoms with Gasteiger partial charge in [-0.25, -0.2) is 4.98 Å². The summed E-state index contributed by atoms with van der Waals surface area (Å²) < 4.78 is 25.9. The van der Waals surface area contributed by atoms with Gasteiger partial charge in [0.1, 0.15) is 5.82 Å². The third-order valence-corrected chi connectivity index (χ3v) is 2.68. The van der Waals surface area contributed by atoms with Gasteiger partial charge in [0.25, 0.3) is 0 Å². The molecule has 0 aliphatic heterocycles. The average molecular weight is 251 g/mol. The molecule has 0 amide bonds. The topological polar surface area (TPSA) is 29.9 Å². The summed E-state index contributed by atoms with van der Waals surface area (Å²) in [5, 5.41) is 3.11. The van der Waals surface area contributed by atoms with Gasteiger partial charge in [-0.15, -0.1) is 0 Å². The van der Waals surface area contributed by atoms with E-state index in [2.05, 4.69) is 10.3 Å². The summed E-state index contributed by atoms with van der Waals surface area (Å²) in [7, 11) is 0. The Labute approximate surface area is 104 Å². The van der Waals surface area contributed by atoms with Crippen molar-refractivity contribution in [2.24, 2.45) is 0 Å². The van der Waals surface area contributed by atoms with Gasteiger partial charge < -0.3 is 5.32 Å². The third-order valence-electron chi connectivity index (χ3n) is 2.68. The Bertz CT molecular complexity index is 468. The van der Waals surface area contributed by atoms with Crippen LogP contribution in [0.4, 0.5) is 8.78 Å². The Kier molecular flexibility index (Phi) is 4.41. The molecule has 5 heteroatoms. The van der Waals surface area contributed by atoms with Crippen LogP contribution in [0.25, 0.3) is 0 Å². The van der Waals surface area contributed by atoms with Crippen LogP contribution in [0.3, 0.4) is 0 Å². The Morgan fingerprint density at radius 2 is 2.00 bits per heavy atom. The van der Waals surface area contributed by atoms with Crippen LogP contribution in [0.5, 0.6) is 0 Å². The van der Waals surface area contributed by atoms with E-state index in [4.69, 9.17) is 0 Å². The van der Waals surface area contributed by atoms with Crippen molar-refractivity contribution in [2.75, 3.05) is 6.54 Å². The van der Waals surface area contributed by atoms with E-state index >= 15 is 0 Å². The Hall–Kier alpha value is -1.75. The van der Waals surface area contributed by atoms with Gasteiger partial charge in [-0.05, 0) is 18.5 Å². The zero-order valence-electron chi connectivity index (χ0n) is 9.89. The van der Waals surface area contributed by atoms with E-state index in [1.165, 1.54) is 18.0 Å². The Morgan fingerprint density at radius 1 is 1.22 bits per heavy atom. The lowest BCUT2D eigenvalue weighted by atomic mass is 10.1. The summed E-state index contributed by atoms with van der Waals surface area (Å²) in [6.07, 6.45) is 3.55. The highest BCUT2D eigenvalue weighted by atomic mass is 19.3. The molecular weight excluding hydrogens is 236 g/mol. The molecule has 0 atom stereocenters. The smallest absolute Gasteiger partial charge is 0.310 e. The van der Waals surface area contributed by atoms with E-state index in [-0.39, 0.29) is 0 Å². The zero-order valence-corrected chi connectivity index (χ0v) is 9.89. The van der Waals surface area contributed by atoms with Gasteiger partial charge in [0, 0.05) is 12.4 Å². The second-order valence-corrected chi connectivity index (χ2v) is 3.94. The SMILES string of the molecule is FC(F)n1ccnc1CNCCc1ccccc1. The maximum absolute atomic E-state index is 12.5. The predicted octanol–water partition coefficient (Wildman–Crippen LogP) is 2.61. The molecule has 0 unspecified atom stereocenters. The van der Waals surface area contributed by atoms with Crippen molar-refractivity contribution in [2.45, 2.75) is 19.5 Å². The first kappa shape index (κ1) is 12.7. The van der Waals surface area contributed by atoms with Crippen molar-refractivity contribution < 1.29 is 8.78 Å². The van der Waals surface area contributed by atoms with Crippen molar-refractivity contribution in [1.82, 2.24) is 14.9 Å². The van der Waals surface area contributed by atoms with Crippen LogP contribution in [0.2, 0.25) is 0 Å². The first-order valence-electron chi connectivity index (χ1n) is 5.82. The fraction of sp³-hybridized carbons (Fsp3) is 0.308. The molecule has 0 spiro atoms. The molecule has 0 radical (unpaired) electrons. The molecule has 2 aromatic rings. The van der Waals surface area contributed by atoms with E-state index in [0.717, 1.165) is 17.5 Å². The van der Waals surface area contributed by atoms with Crippen LogP contribution in [0, 0.1) is 0 Å². The zero-order chi connectivity index (χ0) is 12.8. The van der Waals surface area contributed by atoms with E-state index in [9.17, 15) is 8.78 Å². The fourth-order valence-corrected chi connectivity index (χ4v) is 1.74. The summed E-state index contributed by atoms with van der Waals surface area (Å²) in [6.45, 7) is -1.44. The van der Waals surface area contributed by atoms with Crippen LogP contribution in [0.15, 0.2) is 42.7 Å². The number of nitrogens with zero attached hydrogens (tertiary/aromatic N) is 2. The summed E-state index contributed by atoms with van der Waals surface area (Å²) in [6, 6.07) is 10.0. The predicted molar refractivity (Wildman–Crippen MR) is 65.3 cm³/mol. The summed E-state index contributed by atoms with van der Waals surface area (Å²) in [5.74, 6) is 0.359. The molecule has 0 bridgehead atoms. The Balaban J connectivity index is 1.77. The molecule has 0 saturated carbocycles. The van der Waals surface area contributed by atoms with Gasteiger partial charge in [0.15, 0.2) is 0 Å². The number of benzene rings is 1. The number of imidazole rings is 1. The van der Waals surface area contributed by atoms with E-state index in [1.807, 2.05) is 30.3 Å². The van der Waals surface area contributed by atoms with Gasteiger partial charge in [-0.1, -0.05) is 30.3 Å².